The van der Waals surface area contributed by atoms with E-state index in [1.807, 2.05) is 84.9 Å². The van der Waals surface area contributed by atoms with Crippen molar-refractivity contribution in [2.75, 3.05) is 0 Å². The molecular weight excluding hydrogens is 623 g/mol. The summed E-state index contributed by atoms with van der Waals surface area (Å²) in [6, 6.07) is 60.7. The number of fused-ring (bicyclic) bond motifs is 5. The van der Waals surface area contributed by atoms with Gasteiger partial charge in [-0.1, -0.05) is 121 Å². The smallest absolute Gasteiger partial charge is 0.0974 e. The van der Waals surface area contributed by atoms with Gasteiger partial charge in [0, 0.05) is 38.7 Å². The first-order valence-electron chi connectivity index (χ1n) is 17.1. The molecule has 238 valence electrons. The summed E-state index contributed by atoms with van der Waals surface area (Å²) in [6.07, 6.45) is 0. The minimum atomic E-state index is 0.804. The van der Waals surface area contributed by atoms with Crippen LogP contribution in [0.15, 0.2) is 176 Å². The zero-order valence-electron chi connectivity index (χ0n) is 27.5. The van der Waals surface area contributed by atoms with Crippen LogP contribution in [0.25, 0.3) is 94.6 Å². The first-order valence-corrected chi connectivity index (χ1v) is 17.1. The summed E-state index contributed by atoms with van der Waals surface area (Å²) in [5.41, 5.74) is 13.8. The van der Waals surface area contributed by atoms with Crippen molar-refractivity contribution < 1.29 is 0 Å². The summed E-state index contributed by atoms with van der Waals surface area (Å²) in [4.78, 5) is 21.1. The average molecular weight is 652 g/mol. The molecule has 0 fully saturated rings. The number of hydrogen-bond donors (Lipinski definition) is 0. The van der Waals surface area contributed by atoms with Gasteiger partial charge in [-0.25, -0.2) is 19.9 Å². The number of rotatable bonds is 5. The molecule has 0 radical (unpaired) electrons. The molecule has 0 amide bonds. The monoisotopic (exact) mass is 651 g/mol. The van der Waals surface area contributed by atoms with Crippen molar-refractivity contribution in [1.82, 2.24) is 24.5 Å². The van der Waals surface area contributed by atoms with Crippen molar-refractivity contribution in [1.29, 1.82) is 0 Å². The fourth-order valence-electron chi connectivity index (χ4n) is 7.21. The van der Waals surface area contributed by atoms with E-state index in [1.54, 1.807) is 0 Å². The molecule has 0 N–H and O–H groups in total. The summed E-state index contributed by atoms with van der Waals surface area (Å²) in [5.74, 6) is 0. The predicted molar refractivity (Wildman–Crippen MR) is 209 cm³/mol. The molecule has 0 saturated carbocycles. The molecule has 7 aromatic carbocycles. The second kappa shape index (κ2) is 11.9. The van der Waals surface area contributed by atoms with Crippen LogP contribution in [0.4, 0.5) is 0 Å². The zero-order valence-corrected chi connectivity index (χ0v) is 27.5. The molecule has 3 aromatic heterocycles. The van der Waals surface area contributed by atoms with Crippen molar-refractivity contribution in [3.05, 3.63) is 176 Å². The molecule has 10 rings (SSSR count). The van der Waals surface area contributed by atoms with Crippen LogP contribution in [0.3, 0.4) is 0 Å². The van der Waals surface area contributed by atoms with Gasteiger partial charge in [-0.2, -0.15) is 0 Å². The highest BCUT2D eigenvalue weighted by molar-refractivity contribution is 6.09. The Labute approximate surface area is 294 Å². The van der Waals surface area contributed by atoms with E-state index in [4.69, 9.17) is 19.9 Å². The molecule has 5 heteroatoms. The summed E-state index contributed by atoms with van der Waals surface area (Å²) in [7, 11) is 0. The molecule has 0 atom stereocenters. The van der Waals surface area contributed by atoms with Crippen molar-refractivity contribution in [3.63, 3.8) is 0 Å². The third kappa shape index (κ3) is 4.94. The maximum atomic E-state index is 5.33. The zero-order chi connectivity index (χ0) is 33.7. The van der Waals surface area contributed by atoms with Gasteiger partial charge in [0.1, 0.15) is 0 Å². The molecule has 0 saturated heterocycles. The van der Waals surface area contributed by atoms with Crippen molar-refractivity contribution in [2.45, 2.75) is 0 Å². The van der Waals surface area contributed by atoms with Crippen LogP contribution < -0.4 is 0 Å². The largest absolute Gasteiger partial charge is 0.309 e. The van der Waals surface area contributed by atoms with Crippen molar-refractivity contribution >= 4 is 43.9 Å². The average Bonchev–Trinajstić information content (AvgIpc) is 3.55. The number of nitrogens with zero attached hydrogens (tertiary/aromatic N) is 5. The lowest BCUT2D eigenvalue weighted by molar-refractivity contribution is 1.17. The van der Waals surface area contributed by atoms with E-state index in [9.17, 15) is 0 Å². The molecule has 0 aliphatic rings. The van der Waals surface area contributed by atoms with E-state index in [0.29, 0.717) is 0 Å². The highest BCUT2D eigenvalue weighted by Gasteiger charge is 2.21. The van der Waals surface area contributed by atoms with Crippen LogP contribution >= 0.6 is 0 Å². The molecule has 3 heterocycles. The maximum absolute atomic E-state index is 5.33. The Kier molecular flexibility index (Phi) is 6.74. The lowest BCUT2D eigenvalue weighted by Crippen LogP contribution is -2.01. The molecule has 0 bridgehead atoms. The Morgan fingerprint density at radius 2 is 0.627 bits per heavy atom. The van der Waals surface area contributed by atoms with Crippen LogP contribution in [-0.2, 0) is 0 Å². The van der Waals surface area contributed by atoms with E-state index >= 15 is 0 Å². The van der Waals surface area contributed by atoms with Crippen LogP contribution in [-0.4, -0.2) is 24.5 Å². The van der Waals surface area contributed by atoms with Gasteiger partial charge in [0.05, 0.1) is 55.9 Å². The van der Waals surface area contributed by atoms with Gasteiger partial charge < -0.3 is 4.57 Å². The second-order valence-electron chi connectivity index (χ2n) is 12.7. The van der Waals surface area contributed by atoms with Gasteiger partial charge in [-0.3, -0.25) is 0 Å². The van der Waals surface area contributed by atoms with Crippen LogP contribution in [0.2, 0.25) is 0 Å². The number of hydrogen-bond acceptors (Lipinski definition) is 4. The minimum absolute atomic E-state index is 0.804. The van der Waals surface area contributed by atoms with Crippen molar-refractivity contribution in [2.24, 2.45) is 0 Å². The Morgan fingerprint density at radius 1 is 0.294 bits per heavy atom. The van der Waals surface area contributed by atoms with Crippen LogP contribution in [0.5, 0.6) is 0 Å². The Bertz CT molecular complexity index is 2720. The molecular formula is C46H29N5. The Balaban J connectivity index is 1.33. The van der Waals surface area contributed by atoms with E-state index in [1.165, 1.54) is 10.8 Å². The van der Waals surface area contributed by atoms with E-state index in [2.05, 4.69) is 95.6 Å². The lowest BCUT2D eigenvalue weighted by atomic mass is 9.97. The summed E-state index contributed by atoms with van der Waals surface area (Å²) in [5, 5.41) is 2.40. The summed E-state index contributed by atoms with van der Waals surface area (Å²) >= 11 is 0. The number of benzene rings is 7. The third-order valence-corrected chi connectivity index (χ3v) is 9.54. The van der Waals surface area contributed by atoms with Gasteiger partial charge in [-0.15, -0.1) is 0 Å². The van der Waals surface area contributed by atoms with Crippen molar-refractivity contribution in [3.8, 4) is 50.7 Å². The van der Waals surface area contributed by atoms with Gasteiger partial charge in [0.15, 0.2) is 0 Å². The van der Waals surface area contributed by atoms with Gasteiger partial charge >= 0.3 is 0 Å². The van der Waals surface area contributed by atoms with Gasteiger partial charge in [0.25, 0.3) is 0 Å². The van der Waals surface area contributed by atoms with Gasteiger partial charge in [-0.05, 0) is 54.6 Å². The lowest BCUT2D eigenvalue weighted by Gasteiger charge is -2.17. The topological polar surface area (TPSA) is 56.5 Å². The SMILES string of the molecule is c1ccc(-c2nc3ccccc3nc2-c2cc(-c3nc4ccccc4nc3-c3ccccc3)cc(-n3c4ccccc4c4ccccc43)c2)cc1. The normalized spacial score (nSPS) is 11.5. The summed E-state index contributed by atoms with van der Waals surface area (Å²) in [6.45, 7) is 0. The van der Waals surface area contributed by atoms with Crippen LogP contribution in [0, 0.1) is 0 Å². The minimum Gasteiger partial charge on any atom is -0.309 e. The fraction of sp³-hybridized carbons (Fsp3) is 0. The fourth-order valence-corrected chi connectivity index (χ4v) is 7.21. The first-order chi connectivity index (χ1) is 25.3. The molecule has 0 spiro atoms. The maximum Gasteiger partial charge on any atom is 0.0974 e. The third-order valence-electron chi connectivity index (χ3n) is 9.54. The number of para-hydroxylation sites is 6. The highest BCUT2D eigenvalue weighted by atomic mass is 15.0. The van der Waals surface area contributed by atoms with E-state index in [0.717, 1.165) is 83.8 Å². The Hall–Kier alpha value is -6.98. The van der Waals surface area contributed by atoms with E-state index in [-0.39, 0.29) is 0 Å². The highest BCUT2D eigenvalue weighted by Crippen LogP contribution is 2.40. The van der Waals surface area contributed by atoms with Crippen LogP contribution in [0.1, 0.15) is 0 Å². The molecule has 5 nitrogen and oxygen atoms in total. The molecule has 0 unspecified atom stereocenters. The molecule has 0 aliphatic carbocycles. The first kappa shape index (κ1) is 29.0. The predicted octanol–water partition coefficient (Wildman–Crippen LogP) is 11.3. The quantitative estimate of drug-likeness (QED) is 0.186. The Morgan fingerprint density at radius 3 is 1.04 bits per heavy atom. The van der Waals surface area contributed by atoms with Gasteiger partial charge in [0.2, 0.25) is 0 Å². The van der Waals surface area contributed by atoms with E-state index < -0.39 is 0 Å². The molecule has 0 aliphatic heterocycles. The summed E-state index contributed by atoms with van der Waals surface area (Å²) < 4.78 is 2.35. The number of aromatic nitrogens is 5. The molecule has 10 aromatic rings. The second-order valence-corrected chi connectivity index (χ2v) is 12.7. The standard InChI is InChI=1S/C46H29N5/c1-3-15-30(16-4-1)43-45(49-39-23-11-9-21-37(39)47-43)32-27-33(46-44(31-17-5-2-6-18-31)48-38-22-10-12-24-40(38)50-46)29-34(28-32)51-41-25-13-7-19-35(41)36-20-8-14-26-42(36)51/h1-29H. The molecule has 51 heavy (non-hydrogen) atoms.